The van der Waals surface area contributed by atoms with E-state index in [0.717, 1.165) is 22.7 Å². The maximum atomic E-state index is 13.7. The molecule has 0 bridgehead atoms. The molecule has 0 radical (unpaired) electrons. The zero-order chi connectivity index (χ0) is 26.8. The smallest absolute Gasteiger partial charge is 0.264 e. The number of rotatable bonds is 13. The summed E-state index contributed by atoms with van der Waals surface area (Å²) in [5, 5.41) is 2.74. The lowest BCUT2D eigenvalue weighted by molar-refractivity contribution is -0.119. The van der Waals surface area contributed by atoms with E-state index in [-0.39, 0.29) is 23.7 Å². The number of carbonyl (C=O) groups is 1. The molecule has 0 saturated heterocycles. The lowest BCUT2D eigenvalue weighted by Gasteiger charge is -2.26. The highest BCUT2D eigenvalue weighted by molar-refractivity contribution is 7.92. The molecular formula is C28H34N2O6S. The zero-order valence-corrected chi connectivity index (χ0v) is 22.5. The van der Waals surface area contributed by atoms with Crippen LogP contribution in [0.15, 0.2) is 71.6 Å². The highest BCUT2D eigenvalue weighted by atomic mass is 32.2. The molecule has 8 nitrogen and oxygen atoms in total. The first-order valence-electron chi connectivity index (χ1n) is 12.1. The molecule has 3 aromatic carbocycles. The first-order valence-corrected chi connectivity index (χ1v) is 13.5. The Morgan fingerprint density at radius 3 is 2.22 bits per heavy atom. The van der Waals surface area contributed by atoms with Crippen LogP contribution < -0.4 is 23.8 Å². The Morgan fingerprint density at radius 2 is 1.59 bits per heavy atom. The van der Waals surface area contributed by atoms with Crippen molar-refractivity contribution in [2.75, 3.05) is 38.2 Å². The van der Waals surface area contributed by atoms with E-state index >= 15 is 0 Å². The van der Waals surface area contributed by atoms with Crippen LogP contribution in [0, 0.1) is 6.92 Å². The first-order chi connectivity index (χ1) is 17.8. The van der Waals surface area contributed by atoms with E-state index < -0.39 is 22.5 Å². The summed E-state index contributed by atoms with van der Waals surface area (Å²) in [7, 11) is -1.18. The Labute approximate surface area is 219 Å². The SMILES string of the molecule is CCCc1ccc(OCCNC(=O)CN(c2cc(OC)ccc2OC)S(=O)(=O)c2ccc(C)cc2)cc1. The molecule has 0 aromatic heterocycles. The summed E-state index contributed by atoms with van der Waals surface area (Å²) in [6, 6.07) is 19.1. The fourth-order valence-electron chi connectivity index (χ4n) is 3.72. The Balaban J connectivity index is 1.75. The van der Waals surface area contributed by atoms with Gasteiger partial charge in [0.25, 0.3) is 10.0 Å². The van der Waals surface area contributed by atoms with Gasteiger partial charge < -0.3 is 19.5 Å². The Hall–Kier alpha value is -3.72. The maximum absolute atomic E-state index is 13.7. The molecule has 9 heteroatoms. The van der Waals surface area contributed by atoms with Crippen LogP contribution in [0.5, 0.6) is 17.2 Å². The summed E-state index contributed by atoms with van der Waals surface area (Å²) >= 11 is 0. The van der Waals surface area contributed by atoms with Crippen LogP contribution in [0.4, 0.5) is 5.69 Å². The van der Waals surface area contributed by atoms with Crippen molar-refractivity contribution in [3.63, 3.8) is 0 Å². The van der Waals surface area contributed by atoms with Crippen LogP contribution in [0.1, 0.15) is 24.5 Å². The second-order valence-corrected chi connectivity index (χ2v) is 10.3. The van der Waals surface area contributed by atoms with Gasteiger partial charge in [-0.1, -0.05) is 43.2 Å². The number of sulfonamides is 1. The molecule has 0 spiro atoms. The van der Waals surface area contributed by atoms with Gasteiger partial charge in [-0.25, -0.2) is 8.42 Å². The van der Waals surface area contributed by atoms with Gasteiger partial charge in [-0.2, -0.15) is 0 Å². The number of hydrogen-bond donors (Lipinski definition) is 1. The quantitative estimate of drug-likeness (QED) is 0.333. The van der Waals surface area contributed by atoms with Crippen molar-refractivity contribution >= 4 is 21.6 Å². The molecular weight excluding hydrogens is 492 g/mol. The number of methoxy groups -OCH3 is 2. The molecule has 3 rings (SSSR count). The van der Waals surface area contributed by atoms with Crippen molar-refractivity contribution in [1.29, 1.82) is 0 Å². The molecule has 0 aliphatic carbocycles. The lowest BCUT2D eigenvalue weighted by atomic mass is 10.1. The molecule has 0 fully saturated rings. The van der Waals surface area contributed by atoms with Gasteiger partial charge in [-0.3, -0.25) is 9.10 Å². The van der Waals surface area contributed by atoms with Crippen molar-refractivity contribution in [3.05, 3.63) is 77.9 Å². The number of hydrogen-bond acceptors (Lipinski definition) is 6. The van der Waals surface area contributed by atoms with Gasteiger partial charge >= 0.3 is 0 Å². The number of anilines is 1. The van der Waals surface area contributed by atoms with Gasteiger partial charge in [-0.15, -0.1) is 0 Å². The highest BCUT2D eigenvalue weighted by Crippen LogP contribution is 2.35. The minimum atomic E-state index is -4.10. The van der Waals surface area contributed by atoms with E-state index in [1.807, 2.05) is 31.2 Å². The largest absolute Gasteiger partial charge is 0.497 e. The van der Waals surface area contributed by atoms with Crippen molar-refractivity contribution in [1.82, 2.24) is 5.32 Å². The molecule has 0 saturated carbocycles. The molecule has 0 atom stereocenters. The van der Waals surface area contributed by atoms with Crippen LogP contribution in [0.25, 0.3) is 0 Å². The number of nitrogens with zero attached hydrogens (tertiary/aromatic N) is 1. The summed E-state index contributed by atoms with van der Waals surface area (Å²) in [6.45, 7) is 4.00. The van der Waals surface area contributed by atoms with E-state index in [4.69, 9.17) is 14.2 Å². The number of amides is 1. The van der Waals surface area contributed by atoms with Gasteiger partial charge in [0, 0.05) is 6.07 Å². The average Bonchev–Trinajstić information content (AvgIpc) is 2.90. The summed E-state index contributed by atoms with van der Waals surface area (Å²) in [5.41, 5.74) is 2.36. The van der Waals surface area contributed by atoms with E-state index in [1.165, 1.54) is 38.0 Å². The molecule has 0 aliphatic heterocycles. The van der Waals surface area contributed by atoms with Crippen molar-refractivity contribution < 1.29 is 27.4 Å². The lowest BCUT2D eigenvalue weighted by Crippen LogP contribution is -2.42. The predicted octanol–water partition coefficient (Wildman–Crippen LogP) is 4.36. The molecule has 0 heterocycles. The van der Waals surface area contributed by atoms with Crippen LogP contribution in [0.2, 0.25) is 0 Å². The summed E-state index contributed by atoms with van der Waals surface area (Å²) in [6.07, 6.45) is 2.08. The van der Waals surface area contributed by atoms with Gasteiger partial charge in [0.2, 0.25) is 5.91 Å². The summed E-state index contributed by atoms with van der Waals surface area (Å²) < 4.78 is 44.8. The number of ether oxygens (including phenoxy) is 3. The third-order valence-corrected chi connectivity index (χ3v) is 7.48. The molecule has 1 amide bonds. The summed E-state index contributed by atoms with van der Waals surface area (Å²) in [5.74, 6) is 0.944. The molecule has 1 N–H and O–H groups in total. The topological polar surface area (TPSA) is 94.2 Å². The first kappa shape index (κ1) is 27.9. The predicted molar refractivity (Wildman–Crippen MR) is 144 cm³/mol. The Bertz CT molecular complexity index is 1280. The van der Waals surface area contributed by atoms with Gasteiger partial charge in [-0.05, 0) is 55.3 Å². The second-order valence-electron chi connectivity index (χ2n) is 8.45. The monoisotopic (exact) mass is 526 g/mol. The molecule has 3 aromatic rings. The van der Waals surface area contributed by atoms with E-state index in [2.05, 4.69) is 12.2 Å². The van der Waals surface area contributed by atoms with Gasteiger partial charge in [0.1, 0.15) is 30.4 Å². The van der Waals surface area contributed by atoms with Gasteiger partial charge in [0.15, 0.2) is 0 Å². The molecule has 0 aliphatic rings. The van der Waals surface area contributed by atoms with E-state index in [1.54, 1.807) is 24.3 Å². The standard InChI is InChI=1S/C28H34N2O6S/c1-5-6-22-9-11-23(12-10-22)36-18-17-29-28(31)20-30(26-19-24(34-3)13-16-27(26)35-4)37(32,33)25-14-7-21(2)8-15-25/h7-16,19H,5-6,17-18,20H2,1-4H3,(H,29,31). The number of benzene rings is 3. The maximum Gasteiger partial charge on any atom is 0.264 e. The van der Waals surface area contributed by atoms with Crippen molar-refractivity contribution in [2.24, 2.45) is 0 Å². The van der Waals surface area contributed by atoms with E-state index in [0.29, 0.717) is 17.2 Å². The number of nitrogens with one attached hydrogen (secondary N) is 1. The fraction of sp³-hybridized carbons (Fsp3) is 0.321. The van der Waals surface area contributed by atoms with Crippen LogP contribution in [0.3, 0.4) is 0 Å². The zero-order valence-electron chi connectivity index (χ0n) is 21.7. The minimum Gasteiger partial charge on any atom is -0.497 e. The third kappa shape index (κ3) is 7.39. The molecule has 0 unspecified atom stereocenters. The third-order valence-electron chi connectivity index (χ3n) is 5.71. The van der Waals surface area contributed by atoms with Crippen molar-refractivity contribution in [2.45, 2.75) is 31.6 Å². The number of carbonyl (C=O) groups excluding carboxylic acids is 1. The second kappa shape index (κ2) is 13.0. The van der Waals surface area contributed by atoms with E-state index in [9.17, 15) is 13.2 Å². The normalized spacial score (nSPS) is 11.0. The number of aryl methyl sites for hydroxylation is 2. The highest BCUT2D eigenvalue weighted by Gasteiger charge is 2.30. The Morgan fingerprint density at radius 1 is 0.919 bits per heavy atom. The fourth-order valence-corrected chi connectivity index (χ4v) is 5.14. The van der Waals surface area contributed by atoms with Crippen molar-refractivity contribution in [3.8, 4) is 17.2 Å². The minimum absolute atomic E-state index is 0.0608. The summed E-state index contributed by atoms with van der Waals surface area (Å²) in [4.78, 5) is 13.0. The molecule has 198 valence electrons. The van der Waals surface area contributed by atoms with Crippen LogP contribution in [-0.2, 0) is 21.2 Å². The average molecular weight is 527 g/mol. The molecule has 37 heavy (non-hydrogen) atoms. The van der Waals surface area contributed by atoms with Crippen LogP contribution >= 0.6 is 0 Å². The van der Waals surface area contributed by atoms with Crippen LogP contribution in [-0.4, -0.2) is 48.2 Å². The Kier molecular flexibility index (Phi) is 9.79. The van der Waals surface area contributed by atoms with Gasteiger partial charge in [0.05, 0.1) is 31.3 Å².